The lowest BCUT2D eigenvalue weighted by Crippen LogP contribution is -2.08. The van der Waals surface area contributed by atoms with Crippen molar-refractivity contribution in [2.24, 2.45) is 0 Å². The Hall–Kier alpha value is -0.390. The third kappa shape index (κ3) is 3.51. The topological polar surface area (TPSA) is 12.9 Å². The molecule has 0 fully saturated rings. The van der Waals surface area contributed by atoms with Crippen molar-refractivity contribution in [2.45, 2.75) is 6.18 Å². The Balaban J connectivity index is 2.72. The molecule has 0 N–H and O–H groups in total. The third-order valence-electron chi connectivity index (χ3n) is 2.48. The predicted octanol–water partition coefficient (Wildman–Crippen LogP) is 7.03. The quantitative estimate of drug-likeness (QED) is 0.373. The van der Waals surface area contributed by atoms with Crippen LogP contribution in [0.4, 0.5) is 13.2 Å². The van der Waals surface area contributed by atoms with Gasteiger partial charge in [-0.1, -0.05) is 58.0 Å². The molecule has 0 unspecified atom stereocenters. The SMILES string of the molecule is FC(F)(F)c1cc(Cl)c(-c2cc(Cl)cc(Cl)c2Cl)c(Cl)n1. The molecule has 0 radical (unpaired) electrons. The van der Waals surface area contributed by atoms with Crippen LogP contribution in [-0.4, -0.2) is 4.98 Å². The summed E-state index contributed by atoms with van der Waals surface area (Å²) in [6, 6.07) is 3.43. The summed E-state index contributed by atoms with van der Waals surface area (Å²) in [6.45, 7) is 0. The second-order valence-electron chi connectivity index (χ2n) is 3.90. The van der Waals surface area contributed by atoms with Crippen LogP contribution in [0.25, 0.3) is 11.1 Å². The van der Waals surface area contributed by atoms with Crippen LogP contribution >= 0.6 is 58.0 Å². The van der Waals surface area contributed by atoms with Gasteiger partial charge in [-0.2, -0.15) is 13.2 Å². The maximum Gasteiger partial charge on any atom is 0.433 e. The molecule has 0 amide bonds. The molecule has 9 heteroatoms. The van der Waals surface area contributed by atoms with Crippen molar-refractivity contribution in [2.75, 3.05) is 0 Å². The molecule has 0 aliphatic heterocycles. The second kappa shape index (κ2) is 6.01. The fraction of sp³-hybridized carbons (Fsp3) is 0.0833. The second-order valence-corrected chi connectivity index (χ2v) is 5.89. The average molecular weight is 395 g/mol. The molecular weight excluding hydrogens is 392 g/mol. The molecule has 0 saturated heterocycles. The maximum absolute atomic E-state index is 12.6. The molecule has 21 heavy (non-hydrogen) atoms. The number of benzene rings is 1. The standard InChI is InChI=1S/C12H3Cl5F3N/c13-4-1-5(10(16)7(15)2-4)9-6(14)3-8(12(18,19)20)21-11(9)17/h1-3H. The van der Waals surface area contributed by atoms with E-state index in [0.29, 0.717) is 6.07 Å². The Morgan fingerprint density at radius 2 is 1.48 bits per heavy atom. The van der Waals surface area contributed by atoms with Crippen molar-refractivity contribution in [3.63, 3.8) is 0 Å². The van der Waals surface area contributed by atoms with Crippen LogP contribution in [-0.2, 0) is 6.18 Å². The number of hydrogen-bond donors (Lipinski definition) is 0. The first-order chi connectivity index (χ1) is 9.61. The molecule has 0 spiro atoms. The molecule has 112 valence electrons. The van der Waals surface area contributed by atoms with Crippen molar-refractivity contribution in [3.05, 3.63) is 49.1 Å². The van der Waals surface area contributed by atoms with Gasteiger partial charge in [-0.25, -0.2) is 4.98 Å². The summed E-state index contributed by atoms with van der Waals surface area (Å²) in [4.78, 5) is 3.29. The number of pyridine rings is 1. The van der Waals surface area contributed by atoms with Crippen LogP contribution in [0.5, 0.6) is 0 Å². The van der Waals surface area contributed by atoms with E-state index in [2.05, 4.69) is 4.98 Å². The Morgan fingerprint density at radius 1 is 0.857 bits per heavy atom. The lowest BCUT2D eigenvalue weighted by atomic mass is 10.1. The first-order valence-corrected chi connectivity index (χ1v) is 7.08. The van der Waals surface area contributed by atoms with Crippen molar-refractivity contribution in [1.29, 1.82) is 0 Å². The van der Waals surface area contributed by atoms with Crippen molar-refractivity contribution < 1.29 is 13.2 Å². The van der Waals surface area contributed by atoms with Gasteiger partial charge in [0.2, 0.25) is 0 Å². The highest BCUT2D eigenvalue weighted by atomic mass is 35.5. The van der Waals surface area contributed by atoms with Gasteiger partial charge >= 0.3 is 6.18 Å². The summed E-state index contributed by atoms with van der Waals surface area (Å²) in [5, 5.41) is -0.304. The van der Waals surface area contributed by atoms with Crippen LogP contribution in [0, 0.1) is 0 Å². The Kier molecular flexibility index (Phi) is 4.86. The van der Waals surface area contributed by atoms with Crippen LogP contribution in [0.15, 0.2) is 18.2 Å². The fourth-order valence-electron chi connectivity index (χ4n) is 1.61. The molecule has 1 heterocycles. The lowest BCUT2D eigenvalue weighted by molar-refractivity contribution is -0.141. The number of halogens is 8. The minimum Gasteiger partial charge on any atom is -0.231 e. The van der Waals surface area contributed by atoms with Crippen LogP contribution < -0.4 is 0 Å². The zero-order valence-corrected chi connectivity index (χ0v) is 13.5. The van der Waals surface area contributed by atoms with Gasteiger partial charge in [0, 0.05) is 16.1 Å². The average Bonchev–Trinajstić information content (AvgIpc) is 2.32. The number of rotatable bonds is 1. The van der Waals surface area contributed by atoms with Crippen molar-refractivity contribution in [1.82, 2.24) is 4.98 Å². The Labute approximate surface area is 142 Å². The van der Waals surface area contributed by atoms with Crippen molar-refractivity contribution >= 4 is 58.0 Å². The van der Waals surface area contributed by atoms with Gasteiger partial charge in [0.05, 0.1) is 15.1 Å². The highest BCUT2D eigenvalue weighted by Crippen LogP contribution is 2.43. The summed E-state index contributed by atoms with van der Waals surface area (Å²) in [5.41, 5.74) is -0.975. The highest BCUT2D eigenvalue weighted by Gasteiger charge is 2.34. The predicted molar refractivity (Wildman–Crippen MR) is 79.7 cm³/mol. The first-order valence-electron chi connectivity index (χ1n) is 5.19. The van der Waals surface area contributed by atoms with Gasteiger partial charge in [-0.15, -0.1) is 0 Å². The zero-order chi connectivity index (χ0) is 15.9. The minimum atomic E-state index is -4.67. The third-order valence-corrected chi connectivity index (χ3v) is 4.07. The number of hydrogen-bond acceptors (Lipinski definition) is 1. The first kappa shape index (κ1) is 17.0. The molecule has 0 atom stereocenters. The maximum atomic E-state index is 12.6. The summed E-state index contributed by atoms with van der Waals surface area (Å²) in [6.07, 6.45) is -4.67. The molecule has 1 nitrogen and oxygen atoms in total. The Morgan fingerprint density at radius 3 is 2.00 bits per heavy atom. The smallest absolute Gasteiger partial charge is 0.231 e. The summed E-state index contributed by atoms with van der Waals surface area (Å²) < 4.78 is 37.9. The van der Waals surface area contributed by atoms with E-state index in [1.54, 1.807) is 0 Å². The van der Waals surface area contributed by atoms with Gasteiger partial charge in [-0.05, 0) is 18.2 Å². The van der Waals surface area contributed by atoms with Gasteiger partial charge in [0.25, 0.3) is 0 Å². The van der Waals surface area contributed by atoms with Gasteiger partial charge in [0.15, 0.2) is 0 Å². The molecule has 0 aliphatic rings. The largest absolute Gasteiger partial charge is 0.433 e. The summed E-state index contributed by atoms with van der Waals surface area (Å²) >= 11 is 29.4. The molecule has 1 aromatic carbocycles. The van der Waals surface area contributed by atoms with E-state index >= 15 is 0 Å². The number of aromatic nitrogens is 1. The number of nitrogens with zero attached hydrogens (tertiary/aromatic N) is 1. The highest BCUT2D eigenvalue weighted by molar-refractivity contribution is 6.46. The fourth-order valence-corrected chi connectivity index (χ4v) is 2.94. The molecule has 1 aromatic heterocycles. The molecule has 0 saturated carbocycles. The molecule has 2 aromatic rings. The summed E-state index contributed by atoms with van der Waals surface area (Å²) in [7, 11) is 0. The lowest BCUT2D eigenvalue weighted by Gasteiger charge is -2.13. The van der Waals surface area contributed by atoms with E-state index in [9.17, 15) is 13.2 Å². The minimum absolute atomic E-state index is 0.0285. The van der Waals surface area contributed by atoms with Crippen LogP contribution in [0.1, 0.15) is 5.69 Å². The van der Waals surface area contributed by atoms with E-state index in [-0.39, 0.29) is 31.2 Å². The van der Waals surface area contributed by atoms with E-state index in [0.717, 1.165) is 0 Å². The van der Waals surface area contributed by atoms with E-state index < -0.39 is 17.0 Å². The van der Waals surface area contributed by atoms with E-state index in [1.807, 2.05) is 0 Å². The van der Waals surface area contributed by atoms with Gasteiger partial charge < -0.3 is 0 Å². The molecule has 2 rings (SSSR count). The summed E-state index contributed by atoms with van der Waals surface area (Å²) in [5.74, 6) is 0. The van der Waals surface area contributed by atoms with Crippen LogP contribution in [0.3, 0.4) is 0 Å². The monoisotopic (exact) mass is 393 g/mol. The molecule has 0 aliphatic carbocycles. The normalized spacial score (nSPS) is 11.8. The van der Waals surface area contributed by atoms with Gasteiger partial charge in [-0.3, -0.25) is 0 Å². The van der Waals surface area contributed by atoms with E-state index in [1.165, 1.54) is 12.1 Å². The van der Waals surface area contributed by atoms with Crippen molar-refractivity contribution in [3.8, 4) is 11.1 Å². The molecule has 0 bridgehead atoms. The van der Waals surface area contributed by atoms with Gasteiger partial charge in [0.1, 0.15) is 10.8 Å². The van der Waals surface area contributed by atoms with Crippen LogP contribution in [0.2, 0.25) is 25.2 Å². The molecular formula is C12H3Cl5F3N. The van der Waals surface area contributed by atoms with E-state index in [4.69, 9.17) is 58.0 Å². The number of alkyl halides is 3. The Bertz CT molecular complexity index is 692. The zero-order valence-electron chi connectivity index (χ0n) is 9.70.